The summed E-state index contributed by atoms with van der Waals surface area (Å²) in [6, 6.07) is 3.90. The van der Waals surface area contributed by atoms with Gasteiger partial charge in [0.15, 0.2) is 5.78 Å². The lowest BCUT2D eigenvalue weighted by molar-refractivity contribution is -0.385. The number of aliphatic hydroxyl groups is 1. The van der Waals surface area contributed by atoms with E-state index in [9.17, 15) is 14.9 Å². The topological polar surface area (TPSA) is 89.7 Å². The van der Waals surface area contributed by atoms with Gasteiger partial charge in [0.05, 0.1) is 17.1 Å². The Hall–Kier alpha value is -1.95. The van der Waals surface area contributed by atoms with E-state index >= 15 is 0 Å². The van der Waals surface area contributed by atoms with Crippen LogP contribution in [-0.4, -0.2) is 29.0 Å². The first-order chi connectivity index (χ1) is 7.56. The summed E-state index contributed by atoms with van der Waals surface area (Å²) in [6.45, 7) is 1.17. The molecule has 6 heteroatoms. The highest BCUT2D eigenvalue weighted by atomic mass is 16.6. The Labute approximate surface area is 91.6 Å². The number of carbonyl (C=O) groups excluding carboxylic acids is 1. The van der Waals surface area contributed by atoms with Crippen LogP contribution in [0.2, 0.25) is 0 Å². The van der Waals surface area contributed by atoms with Gasteiger partial charge in [-0.25, -0.2) is 0 Å². The van der Waals surface area contributed by atoms with Crippen molar-refractivity contribution in [3.05, 3.63) is 33.9 Å². The molecule has 0 aliphatic heterocycles. The van der Waals surface area contributed by atoms with Gasteiger partial charge in [-0.1, -0.05) is 0 Å². The molecule has 0 amide bonds. The molecule has 1 aromatic carbocycles. The van der Waals surface area contributed by atoms with Crippen LogP contribution in [0, 0.1) is 10.1 Å². The summed E-state index contributed by atoms with van der Waals surface area (Å²) in [5.74, 6) is -0.0778. The van der Waals surface area contributed by atoms with Gasteiger partial charge in [0.1, 0.15) is 12.4 Å². The van der Waals surface area contributed by atoms with E-state index in [4.69, 9.17) is 9.84 Å². The van der Waals surface area contributed by atoms with Crippen molar-refractivity contribution in [1.82, 2.24) is 0 Å². The van der Waals surface area contributed by atoms with E-state index in [0.29, 0.717) is 5.75 Å². The zero-order valence-corrected chi connectivity index (χ0v) is 8.67. The van der Waals surface area contributed by atoms with Crippen molar-refractivity contribution in [2.75, 3.05) is 13.2 Å². The number of aliphatic hydroxyl groups excluding tert-OH is 1. The molecule has 0 spiro atoms. The van der Waals surface area contributed by atoms with E-state index in [1.807, 2.05) is 0 Å². The van der Waals surface area contributed by atoms with Gasteiger partial charge in [-0.05, 0) is 19.1 Å². The van der Waals surface area contributed by atoms with Crippen molar-refractivity contribution in [2.45, 2.75) is 6.92 Å². The molecule has 0 heterocycles. The molecule has 0 aromatic heterocycles. The standard InChI is InChI=1S/C10H11NO5/c1-7(13)9-6-8(16-5-4-12)2-3-10(9)11(14)15/h2-3,6,12H,4-5H2,1H3. The highest BCUT2D eigenvalue weighted by Crippen LogP contribution is 2.24. The maximum Gasteiger partial charge on any atom is 0.280 e. The Morgan fingerprint density at radius 3 is 2.75 bits per heavy atom. The van der Waals surface area contributed by atoms with Gasteiger partial charge in [0, 0.05) is 6.07 Å². The maximum absolute atomic E-state index is 11.2. The van der Waals surface area contributed by atoms with Crippen LogP contribution in [0.3, 0.4) is 0 Å². The Kier molecular flexibility index (Phi) is 3.96. The van der Waals surface area contributed by atoms with Gasteiger partial charge in [0.25, 0.3) is 5.69 Å². The van der Waals surface area contributed by atoms with Crippen LogP contribution in [0.1, 0.15) is 17.3 Å². The number of hydrogen-bond donors (Lipinski definition) is 1. The zero-order chi connectivity index (χ0) is 12.1. The summed E-state index contributed by atoms with van der Waals surface area (Å²) in [5, 5.41) is 19.2. The molecule has 86 valence electrons. The van der Waals surface area contributed by atoms with Crippen molar-refractivity contribution in [3.63, 3.8) is 0 Å². The molecule has 0 unspecified atom stereocenters. The molecule has 1 N–H and O–H groups in total. The number of rotatable bonds is 5. The Balaban J connectivity index is 3.07. The van der Waals surface area contributed by atoms with E-state index < -0.39 is 10.7 Å². The minimum Gasteiger partial charge on any atom is -0.491 e. The predicted octanol–water partition coefficient (Wildman–Crippen LogP) is 1.17. The third kappa shape index (κ3) is 2.77. The van der Waals surface area contributed by atoms with Crippen molar-refractivity contribution in [3.8, 4) is 5.75 Å². The molecule has 6 nitrogen and oxygen atoms in total. The maximum atomic E-state index is 11.2. The van der Waals surface area contributed by atoms with Gasteiger partial charge in [-0.15, -0.1) is 0 Å². The number of ketones is 1. The van der Waals surface area contributed by atoms with E-state index in [1.54, 1.807) is 0 Å². The molecule has 0 aliphatic rings. The average Bonchev–Trinajstić information content (AvgIpc) is 2.25. The molecule has 0 atom stereocenters. The van der Waals surface area contributed by atoms with Crippen molar-refractivity contribution < 1.29 is 19.6 Å². The second kappa shape index (κ2) is 5.22. The largest absolute Gasteiger partial charge is 0.491 e. The molecule has 0 saturated heterocycles. The number of benzene rings is 1. The minimum atomic E-state index is -0.618. The highest BCUT2D eigenvalue weighted by molar-refractivity contribution is 5.98. The third-order valence-electron chi connectivity index (χ3n) is 1.90. The van der Waals surface area contributed by atoms with Crippen LogP contribution >= 0.6 is 0 Å². The van der Waals surface area contributed by atoms with Crippen molar-refractivity contribution in [1.29, 1.82) is 0 Å². The van der Waals surface area contributed by atoms with Crippen LogP contribution in [0.5, 0.6) is 5.75 Å². The first kappa shape index (κ1) is 12.1. The van der Waals surface area contributed by atoms with Gasteiger partial charge >= 0.3 is 0 Å². The number of Topliss-reactive ketones (excluding diaryl/α,β-unsaturated/α-hetero) is 1. The molecular formula is C10H11NO5. The molecule has 0 radical (unpaired) electrons. The fourth-order valence-electron chi connectivity index (χ4n) is 1.21. The number of hydrogen-bond acceptors (Lipinski definition) is 5. The summed E-state index contributed by atoms with van der Waals surface area (Å²) in [7, 11) is 0. The van der Waals surface area contributed by atoms with Gasteiger partial charge in [0.2, 0.25) is 0 Å². The Morgan fingerprint density at radius 2 is 2.25 bits per heavy atom. The SMILES string of the molecule is CC(=O)c1cc(OCCO)ccc1[N+](=O)[O-]. The second-order valence-electron chi connectivity index (χ2n) is 3.06. The lowest BCUT2D eigenvalue weighted by Crippen LogP contribution is -2.04. The monoisotopic (exact) mass is 225 g/mol. The molecule has 0 fully saturated rings. The van der Waals surface area contributed by atoms with Crippen LogP contribution in [0.15, 0.2) is 18.2 Å². The molecule has 1 aromatic rings. The quantitative estimate of drug-likeness (QED) is 0.461. The highest BCUT2D eigenvalue weighted by Gasteiger charge is 2.17. The lowest BCUT2D eigenvalue weighted by atomic mass is 10.1. The fraction of sp³-hybridized carbons (Fsp3) is 0.300. The first-order valence-electron chi connectivity index (χ1n) is 4.59. The zero-order valence-electron chi connectivity index (χ0n) is 8.67. The average molecular weight is 225 g/mol. The summed E-state index contributed by atoms with van der Waals surface area (Å²) < 4.78 is 5.06. The van der Waals surface area contributed by atoms with Crippen LogP contribution < -0.4 is 4.74 Å². The van der Waals surface area contributed by atoms with Crippen molar-refractivity contribution in [2.24, 2.45) is 0 Å². The number of carbonyl (C=O) groups is 1. The molecule has 16 heavy (non-hydrogen) atoms. The van der Waals surface area contributed by atoms with Gasteiger partial charge in [-0.2, -0.15) is 0 Å². The third-order valence-corrected chi connectivity index (χ3v) is 1.90. The smallest absolute Gasteiger partial charge is 0.280 e. The van der Waals surface area contributed by atoms with E-state index in [2.05, 4.69) is 0 Å². The molecule has 0 aliphatic carbocycles. The summed E-state index contributed by atoms with van der Waals surface area (Å²) >= 11 is 0. The lowest BCUT2D eigenvalue weighted by Gasteiger charge is -2.05. The first-order valence-corrected chi connectivity index (χ1v) is 4.59. The molecular weight excluding hydrogens is 214 g/mol. The predicted molar refractivity (Wildman–Crippen MR) is 55.7 cm³/mol. The van der Waals surface area contributed by atoms with Gasteiger partial charge in [-0.3, -0.25) is 14.9 Å². The van der Waals surface area contributed by atoms with Crippen LogP contribution in [0.25, 0.3) is 0 Å². The summed E-state index contributed by atoms with van der Waals surface area (Å²) in [6.07, 6.45) is 0. The normalized spacial score (nSPS) is 9.88. The number of nitro benzene ring substituents is 1. The molecule has 0 bridgehead atoms. The molecule has 1 rings (SSSR count). The van der Waals surface area contributed by atoms with Crippen molar-refractivity contribution >= 4 is 11.5 Å². The fourth-order valence-corrected chi connectivity index (χ4v) is 1.21. The number of ether oxygens (including phenoxy) is 1. The Morgan fingerprint density at radius 1 is 1.56 bits per heavy atom. The van der Waals surface area contributed by atoms with Crippen LogP contribution in [0.4, 0.5) is 5.69 Å². The van der Waals surface area contributed by atoms with E-state index in [1.165, 1.54) is 25.1 Å². The molecule has 0 saturated carbocycles. The number of nitro groups is 1. The minimum absolute atomic E-state index is 0.000407. The summed E-state index contributed by atoms with van der Waals surface area (Å²) in [5.41, 5.74) is -0.246. The second-order valence-corrected chi connectivity index (χ2v) is 3.06. The summed E-state index contributed by atoms with van der Waals surface area (Å²) in [4.78, 5) is 21.2. The van der Waals surface area contributed by atoms with E-state index in [0.717, 1.165) is 0 Å². The van der Waals surface area contributed by atoms with Gasteiger partial charge < -0.3 is 9.84 Å². The Bertz CT molecular complexity index is 416. The van der Waals surface area contributed by atoms with Crippen LogP contribution in [-0.2, 0) is 0 Å². The van der Waals surface area contributed by atoms with E-state index in [-0.39, 0.29) is 24.5 Å². The number of nitrogens with zero attached hydrogens (tertiary/aromatic N) is 1.